The number of rotatable bonds is 9. The van der Waals surface area contributed by atoms with Crippen LogP contribution in [-0.4, -0.2) is 84.8 Å². The normalized spacial score (nSPS) is 18.1. The highest BCUT2D eigenvalue weighted by atomic mass is 16.5. The quantitative estimate of drug-likeness (QED) is 0.607. The second kappa shape index (κ2) is 11.0. The summed E-state index contributed by atoms with van der Waals surface area (Å²) in [6.45, 7) is 5.56. The number of carboxylic acid groups (broad SMARTS) is 1. The van der Waals surface area contributed by atoms with Crippen LogP contribution in [0.5, 0.6) is 0 Å². The molecule has 0 bridgehead atoms. The largest absolute Gasteiger partial charge is 0.480 e. The number of aliphatic carboxylic acids is 1. The van der Waals surface area contributed by atoms with Gasteiger partial charge in [0.15, 0.2) is 0 Å². The van der Waals surface area contributed by atoms with E-state index in [1.807, 2.05) is 6.92 Å². The van der Waals surface area contributed by atoms with E-state index in [2.05, 4.69) is 0 Å². The fourth-order valence-corrected chi connectivity index (χ4v) is 2.80. The van der Waals surface area contributed by atoms with Gasteiger partial charge in [-0.05, 0) is 26.2 Å². The molecule has 1 aliphatic rings. The number of hydrogen-bond donors (Lipinski definition) is 1. The molecule has 1 heterocycles. The van der Waals surface area contributed by atoms with Gasteiger partial charge in [0.2, 0.25) is 11.8 Å². The van der Waals surface area contributed by atoms with Gasteiger partial charge in [0.1, 0.15) is 13.2 Å². The van der Waals surface area contributed by atoms with Gasteiger partial charge in [-0.1, -0.05) is 0 Å². The Labute approximate surface area is 142 Å². The maximum absolute atomic E-state index is 12.2. The molecule has 0 aromatic rings. The summed E-state index contributed by atoms with van der Waals surface area (Å²) >= 11 is 0. The van der Waals surface area contributed by atoms with Crippen LogP contribution in [0.4, 0.5) is 0 Å². The molecule has 24 heavy (non-hydrogen) atoms. The minimum Gasteiger partial charge on any atom is -0.480 e. The predicted octanol–water partition coefficient (Wildman–Crippen LogP) is 0.354. The van der Waals surface area contributed by atoms with Crippen LogP contribution in [0.1, 0.15) is 33.1 Å². The lowest BCUT2D eigenvalue weighted by Gasteiger charge is -2.28. The molecule has 0 aromatic heterocycles. The summed E-state index contributed by atoms with van der Waals surface area (Å²) < 4.78 is 10.4. The summed E-state index contributed by atoms with van der Waals surface area (Å²) in [5.74, 6) is -1.36. The molecular weight excluding hydrogens is 316 g/mol. The van der Waals surface area contributed by atoms with E-state index in [-0.39, 0.29) is 31.0 Å². The van der Waals surface area contributed by atoms with Crippen molar-refractivity contribution in [2.24, 2.45) is 0 Å². The number of carbonyl (C=O) groups excluding carboxylic acids is 2. The van der Waals surface area contributed by atoms with Crippen molar-refractivity contribution in [2.45, 2.75) is 39.2 Å². The number of amides is 2. The molecule has 0 aromatic carbocycles. The number of carboxylic acids is 1. The molecule has 1 aliphatic heterocycles. The molecule has 2 amide bonds. The predicted molar refractivity (Wildman–Crippen MR) is 86.6 cm³/mol. The molecule has 0 spiro atoms. The van der Waals surface area contributed by atoms with E-state index in [1.54, 1.807) is 4.90 Å². The van der Waals surface area contributed by atoms with Crippen molar-refractivity contribution in [1.82, 2.24) is 9.80 Å². The standard InChI is InChI=1S/C16H28N2O6/c1-3-23-9-10-24-12-15(20)17-7-4-5-14(6-8-17)18(13(2)19)11-16(21)22/h14H,3-12H2,1-2H3,(H,21,22). The molecule has 8 heteroatoms. The summed E-state index contributed by atoms with van der Waals surface area (Å²) in [4.78, 5) is 37.9. The van der Waals surface area contributed by atoms with Crippen molar-refractivity contribution in [1.29, 1.82) is 0 Å². The van der Waals surface area contributed by atoms with Crippen LogP contribution in [-0.2, 0) is 23.9 Å². The van der Waals surface area contributed by atoms with Crippen LogP contribution in [0.3, 0.4) is 0 Å². The molecule has 8 nitrogen and oxygen atoms in total. The van der Waals surface area contributed by atoms with Gasteiger partial charge in [0, 0.05) is 32.7 Å². The third-order valence-corrected chi connectivity index (χ3v) is 4.00. The van der Waals surface area contributed by atoms with Crippen LogP contribution in [0, 0.1) is 0 Å². The SMILES string of the molecule is CCOCCOCC(=O)N1CCCC(N(CC(=O)O)C(C)=O)CC1. The summed E-state index contributed by atoms with van der Waals surface area (Å²) in [7, 11) is 0. The van der Waals surface area contributed by atoms with E-state index in [4.69, 9.17) is 14.6 Å². The zero-order valence-corrected chi connectivity index (χ0v) is 14.5. The number of hydrogen-bond acceptors (Lipinski definition) is 5. The van der Waals surface area contributed by atoms with Crippen molar-refractivity contribution >= 4 is 17.8 Å². The smallest absolute Gasteiger partial charge is 0.323 e. The van der Waals surface area contributed by atoms with Gasteiger partial charge in [-0.25, -0.2) is 0 Å². The molecule has 1 N–H and O–H groups in total. The van der Waals surface area contributed by atoms with Gasteiger partial charge in [0.25, 0.3) is 0 Å². The lowest BCUT2D eigenvalue weighted by Crippen LogP contribution is -2.43. The second-order valence-electron chi connectivity index (χ2n) is 5.76. The molecule has 0 saturated carbocycles. The summed E-state index contributed by atoms with van der Waals surface area (Å²) in [6.07, 6.45) is 2.01. The summed E-state index contributed by atoms with van der Waals surface area (Å²) in [6, 6.07) is -0.143. The Balaban J connectivity index is 2.44. The van der Waals surface area contributed by atoms with Crippen molar-refractivity contribution in [3.05, 3.63) is 0 Å². The van der Waals surface area contributed by atoms with Gasteiger partial charge < -0.3 is 24.4 Å². The molecule has 1 unspecified atom stereocenters. The van der Waals surface area contributed by atoms with Crippen LogP contribution >= 0.6 is 0 Å². The van der Waals surface area contributed by atoms with E-state index >= 15 is 0 Å². The Morgan fingerprint density at radius 1 is 1.17 bits per heavy atom. The van der Waals surface area contributed by atoms with Crippen molar-refractivity contribution in [3.8, 4) is 0 Å². The topological polar surface area (TPSA) is 96.4 Å². The molecular formula is C16H28N2O6. The summed E-state index contributed by atoms with van der Waals surface area (Å²) in [5.41, 5.74) is 0. The fourth-order valence-electron chi connectivity index (χ4n) is 2.80. The van der Waals surface area contributed by atoms with E-state index in [0.717, 1.165) is 6.42 Å². The zero-order valence-electron chi connectivity index (χ0n) is 14.5. The Hall–Kier alpha value is -1.67. The minimum atomic E-state index is -1.02. The molecule has 0 radical (unpaired) electrons. The molecule has 1 saturated heterocycles. The van der Waals surface area contributed by atoms with Crippen LogP contribution in [0.15, 0.2) is 0 Å². The first-order valence-electron chi connectivity index (χ1n) is 8.38. The van der Waals surface area contributed by atoms with Gasteiger partial charge >= 0.3 is 5.97 Å². The van der Waals surface area contributed by atoms with Crippen molar-refractivity contribution in [3.63, 3.8) is 0 Å². The van der Waals surface area contributed by atoms with Gasteiger partial charge in [0.05, 0.1) is 13.2 Å². The Bertz CT molecular complexity index is 429. The van der Waals surface area contributed by atoms with Crippen LogP contribution < -0.4 is 0 Å². The highest BCUT2D eigenvalue weighted by Crippen LogP contribution is 2.17. The number of likely N-dealkylation sites (tertiary alicyclic amines) is 1. The summed E-state index contributed by atoms with van der Waals surface area (Å²) in [5, 5.41) is 8.95. The molecule has 0 aliphatic carbocycles. The number of nitrogens with zero attached hydrogens (tertiary/aromatic N) is 2. The van der Waals surface area contributed by atoms with Gasteiger partial charge in [-0.15, -0.1) is 0 Å². The maximum atomic E-state index is 12.2. The molecule has 1 atom stereocenters. The average Bonchev–Trinajstić information content (AvgIpc) is 2.77. The average molecular weight is 344 g/mol. The van der Waals surface area contributed by atoms with E-state index < -0.39 is 5.97 Å². The Morgan fingerprint density at radius 2 is 1.88 bits per heavy atom. The lowest BCUT2D eigenvalue weighted by atomic mass is 10.1. The molecule has 1 fully saturated rings. The number of carbonyl (C=O) groups is 3. The Morgan fingerprint density at radius 3 is 2.50 bits per heavy atom. The van der Waals surface area contributed by atoms with Gasteiger partial charge in [-0.3, -0.25) is 14.4 Å². The molecule has 1 rings (SSSR count). The Kier molecular flexibility index (Phi) is 9.33. The first-order chi connectivity index (χ1) is 11.5. The van der Waals surface area contributed by atoms with E-state index in [9.17, 15) is 14.4 Å². The fraction of sp³-hybridized carbons (Fsp3) is 0.812. The third kappa shape index (κ3) is 7.27. The van der Waals surface area contributed by atoms with E-state index in [0.29, 0.717) is 45.8 Å². The number of ether oxygens (including phenoxy) is 2. The zero-order chi connectivity index (χ0) is 17.9. The monoisotopic (exact) mass is 344 g/mol. The first-order valence-corrected chi connectivity index (χ1v) is 8.38. The van der Waals surface area contributed by atoms with Crippen LogP contribution in [0.2, 0.25) is 0 Å². The highest BCUT2D eigenvalue weighted by Gasteiger charge is 2.27. The lowest BCUT2D eigenvalue weighted by molar-refractivity contribution is -0.145. The van der Waals surface area contributed by atoms with Crippen molar-refractivity contribution < 1.29 is 29.0 Å². The minimum absolute atomic E-state index is 0.0172. The van der Waals surface area contributed by atoms with Gasteiger partial charge in [-0.2, -0.15) is 0 Å². The first kappa shape index (κ1) is 20.4. The van der Waals surface area contributed by atoms with Crippen LogP contribution in [0.25, 0.3) is 0 Å². The highest BCUT2D eigenvalue weighted by molar-refractivity contribution is 5.80. The van der Waals surface area contributed by atoms with E-state index in [1.165, 1.54) is 11.8 Å². The maximum Gasteiger partial charge on any atom is 0.323 e. The second-order valence-corrected chi connectivity index (χ2v) is 5.76. The third-order valence-electron chi connectivity index (χ3n) is 4.00. The van der Waals surface area contributed by atoms with Crippen molar-refractivity contribution in [2.75, 3.05) is 46.1 Å². The molecule has 138 valence electrons.